The van der Waals surface area contributed by atoms with E-state index in [0.29, 0.717) is 5.56 Å². The second-order valence-electron chi connectivity index (χ2n) is 5.25. The number of anilines is 1. The fourth-order valence-corrected chi connectivity index (χ4v) is 2.34. The number of methoxy groups -OCH3 is 1. The van der Waals surface area contributed by atoms with Crippen LogP contribution in [0.1, 0.15) is 29.8 Å². The van der Waals surface area contributed by atoms with Gasteiger partial charge in [-0.05, 0) is 42.8 Å². The van der Waals surface area contributed by atoms with Crippen molar-refractivity contribution in [3.63, 3.8) is 0 Å². The van der Waals surface area contributed by atoms with Crippen LogP contribution in [0.25, 0.3) is 6.08 Å². The Kier molecular flexibility index (Phi) is 6.06. The molecule has 2 aromatic carbocycles. The molecule has 0 aromatic heterocycles. The van der Waals surface area contributed by atoms with Crippen LogP contribution in [-0.4, -0.2) is 25.4 Å². The SMILES string of the molecule is CCOC(=O)c1ccc(N)c(C(=N)/C=C/c2ccc(F)c(F)c2)c1OC.[HH]. The highest BCUT2D eigenvalue weighted by atomic mass is 19.2. The van der Waals surface area contributed by atoms with Crippen LogP contribution in [0.15, 0.2) is 36.4 Å². The Morgan fingerprint density at radius 3 is 2.62 bits per heavy atom. The molecule has 0 aliphatic heterocycles. The molecule has 5 nitrogen and oxygen atoms in total. The van der Waals surface area contributed by atoms with Gasteiger partial charge in [0.1, 0.15) is 11.3 Å². The number of rotatable bonds is 6. The average molecular weight is 362 g/mol. The summed E-state index contributed by atoms with van der Waals surface area (Å²) in [5, 5.41) is 8.23. The zero-order valence-corrected chi connectivity index (χ0v) is 14.3. The van der Waals surface area contributed by atoms with E-state index in [4.69, 9.17) is 20.6 Å². The highest BCUT2D eigenvalue weighted by Gasteiger charge is 2.21. The molecule has 0 unspecified atom stereocenters. The number of nitrogen functional groups attached to an aromatic ring is 1. The lowest BCUT2D eigenvalue weighted by atomic mass is 10.0. The zero-order chi connectivity index (χ0) is 19.3. The third-order valence-electron chi connectivity index (χ3n) is 3.54. The van der Waals surface area contributed by atoms with Gasteiger partial charge in [-0.3, -0.25) is 0 Å². The molecule has 0 spiro atoms. The molecule has 2 rings (SSSR count). The number of carbonyl (C=O) groups is 1. The molecule has 0 aliphatic rings. The first kappa shape index (κ1) is 19.1. The van der Waals surface area contributed by atoms with Gasteiger partial charge in [0, 0.05) is 7.11 Å². The number of benzene rings is 2. The Bertz CT molecular complexity index is 885. The smallest absolute Gasteiger partial charge is 0.341 e. The second-order valence-corrected chi connectivity index (χ2v) is 5.25. The Labute approximate surface area is 151 Å². The van der Waals surface area contributed by atoms with Gasteiger partial charge in [0.05, 0.1) is 25.0 Å². The van der Waals surface area contributed by atoms with Crippen molar-refractivity contribution in [2.24, 2.45) is 0 Å². The van der Waals surface area contributed by atoms with Crippen molar-refractivity contribution in [1.82, 2.24) is 0 Å². The number of carbonyl (C=O) groups excluding carboxylic acids is 1. The first-order valence-electron chi connectivity index (χ1n) is 7.74. The molecule has 138 valence electrons. The Morgan fingerprint density at radius 1 is 1.27 bits per heavy atom. The average Bonchev–Trinajstić information content (AvgIpc) is 2.62. The Hall–Kier alpha value is -3.22. The molecule has 0 radical (unpaired) electrons. The van der Waals surface area contributed by atoms with Crippen LogP contribution < -0.4 is 10.5 Å². The minimum Gasteiger partial charge on any atom is -0.495 e. The van der Waals surface area contributed by atoms with Crippen LogP contribution in [0.5, 0.6) is 5.75 Å². The summed E-state index contributed by atoms with van der Waals surface area (Å²) in [5.41, 5.74) is 6.83. The van der Waals surface area contributed by atoms with E-state index in [-0.39, 0.29) is 36.3 Å². The highest BCUT2D eigenvalue weighted by Crippen LogP contribution is 2.30. The van der Waals surface area contributed by atoms with E-state index in [1.54, 1.807) is 6.92 Å². The lowest BCUT2D eigenvalue weighted by molar-refractivity contribution is 0.0522. The third-order valence-corrected chi connectivity index (χ3v) is 3.54. The molecule has 0 saturated heterocycles. The van der Waals surface area contributed by atoms with Gasteiger partial charge < -0.3 is 20.6 Å². The molecular formula is C19H20F2N2O3. The first-order valence-corrected chi connectivity index (χ1v) is 7.74. The van der Waals surface area contributed by atoms with Crippen molar-refractivity contribution >= 4 is 23.4 Å². The summed E-state index contributed by atoms with van der Waals surface area (Å²) < 4.78 is 36.5. The molecule has 3 N–H and O–H groups in total. The zero-order valence-electron chi connectivity index (χ0n) is 14.3. The largest absolute Gasteiger partial charge is 0.495 e. The molecule has 0 fully saturated rings. The Morgan fingerprint density at radius 2 is 2.00 bits per heavy atom. The summed E-state index contributed by atoms with van der Waals surface area (Å²) in [4.78, 5) is 12.1. The van der Waals surface area contributed by atoms with E-state index in [9.17, 15) is 13.6 Å². The maximum atomic E-state index is 13.3. The van der Waals surface area contributed by atoms with Crippen LogP contribution >= 0.6 is 0 Å². The van der Waals surface area contributed by atoms with Gasteiger partial charge in [-0.15, -0.1) is 0 Å². The number of hydrogen-bond donors (Lipinski definition) is 2. The fourth-order valence-electron chi connectivity index (χ4n) is 2.34. The normalized spacial score (nSPS) is 10.8. The van der Waals surface area contributed by atoms with Gasteiger partial charge in [-0.25, -0.2) is 13.6 Å². The van der Waals surface area contributed by atoms with Crippen molar-refractivity contribution in [1.29, 1.82) is 5.41 Å². The maximum Gasteiger partial charge on any atom is 0.341 e. The van der Waals surface area contributed by atoms with Crippen molar-refractivity contribution in [2.45, 2.75) is 6.92 Å². The summed E-state index contributed by atoms with van der Waals surface area (Å²) in [7, 11) is 1.35. The van der Waals surface area contributed by atoms with Crippen molar-refractivity contribution in [3.8, 4) is 5.75 Å². The molecule has 2 aromatic rings. The third kappa shape index (κ3) is 4.05. The summed E-state index contributed by atoms with van der Waals surface area (Å²) in [6.07, 6.45) is 2.79. The molecule has 26 heavy (non-hydrogen) atoms. The summed E-state index contributed by atoms with van der Waals surface area (Å²) in [5.74, 6) is -2.42. The van der Waals surface area contributed by atoms with Gasteiger partial charge in [0.15, 0.2) is 11.6 Å². The molecular weight excluding hydrogens is 342 g/mol. The van der Waals surface area contributed by atoms with Gasteiger partial charge in [-0.2, -0.15) is 0 Å². The number of ether oxygens (including phenoxy) is 2. The molecule has 0 heterocycles. The number of allylic oxidation sites excluding steroid dienone is 1. The number of nitrogens with two attached hydrogens (primary N) is 1. The second kappa shape index (κ2) is 8.24. The molecule has 0 atom stereocenters. The van der Waals surface area contributed by atoms with Crippen LogP contribution in [0, 0.1) is 17.0 Å². The van der Waals surface area contributed by atoms with Gasteiger partial charge in [0.2, 0.25) is 0 Å². The molecule has 0 bridgehead atoms. The minimum atomic E-state index is -0.986. The van der Waals surface area contributed by atoms with Crippen LogP contribution in [0.4, 0.5) is 14.5 Å². The van der Waals surface area contributed by atoms with Crippen molar-refractivity contribution < 1.29 is 24.5 Å². The van der Waals surface area contributed by atoms with E-state index in [0.717, 1.165) is 12.1 Å². The summed E-state index contributed by atoms with van der Waals surface area (Å²) in [6.45, 7) is 1.87. The lowest BCUT2D eigenvalue weighted by Crippen LogP contribution is -2.12. The van der Waals surface area contributed by atoms with E-state index < -0.39 is 17.6 Å². The van der Waals surface area contributed by atoms with Crippen LogP contribution in [0.3, 0.4) is 0 Å². The van der Waals surface area contributed by atoms with E-state index in [2.05, 4.69) is 0 Å². The van der Waals surface area contributed by atoms with Crippen molar-refractivity contribution in [2.75, 3.05) is 19.5 Å². The fraction of sp³-hybridized carbons (Fsp3) is 0.158. The lowest BCUT2D eigenvalue weighted by Gasteiger charge is -2.14. The number of halogens is 2. The molecule has 0 saturated carbocycles. The van der Waals surface area contributed by atoms with Gasteiger partial charge >= 0.3 is 5.97 Å². The topological polar surface area (TPSA) is 85.4 Å². The number of esters is 1. The van der Waals surface area contributed by atoms with Gasteiger partial charge in [-0.1, -0.05) is 12.1 Å². The van der Waals surface area contributed by atoms with E-state index >= 15 is 0 Å². The van der Waals surface area contributed by atoms with E-state index in [1.807, 2.05) is 0 Å². The summed E-state index contributed by atoms with van der Waals surface area (Å²) >= 11 is 0. The minimum absolute atomic E-state index is 0. The standard InChI is InChI=1S/C19H18F2N2O3.H2/c1-3-26-19(24)12-6-9-16(23)17(18(12)25-2)15(22)8-5-11-4-7-13(20)14(21)10-11;/h4-10,22H,3,23H2,1-2H3;1H/b8-5+,22-15?;. The van der Waals surface area contributed by atoms with Gasteiger partial charge in [0.25, 0.3) is 0 Å². The van der Waals surface area contributed by atoms with Crippen LogP contribution in [-0.2, 0) is 4.74 Å². The predicted molar refractivity (Wildman–Crippen MR) is 97.7 cm³/mol. The predicted octanol–water partition coefficient (Wildman–Crippen LogP) is 4.06. The summed E-state index contributed by atoms with van der Waals surface area (Å²) in [6, 6.07) is 6.31. The monoisotopic (exact) mass is 362 g/mol. The first-order chi connectivity index (χ1) is 12.4. The molecule has 7 heteroatoms. The van der Waals surface area contributed by atoms with E-state index in [1.165, 1.54) is 37.5 Å². The quantitative estimate of drug-likeness (QED) is 0.461. The molecule has 0 amide bonds. The number of nitrogens with one attached hydrogen (secondary N) is 1. The highest BCUT2D eigenvalue weighted by molar-refractivity contribution is 6.15. The maximum absolute atomic E-state index is 13.3. The van der Waals surface area contributed by atoms with Crippen LogP contribution in [0.2, 0.25) is 0 Å². The Balaban J connectivity index is 0.00000364. The number of hydrogen-bond acceptors (Lipinski definition) is 5. The van der Waals surface area contributed by atoms with Crippen molar-refractivity contribution in [3.05, 3.63) is 64.7 Å². The molecule has 0 aliphatic carbocycles.